The number of rotatable bonds is 45. The van der Waals surface area contributed by atoms with Crippen LogP contribution >= 0.6 is 11.3 Å². The first kappa shape index (κ1) is 81.0. The van der Waals surface area contributed by atoms with Gasteiger partial charge in [0.1, 0.15) is 34.9 Å². The first-order valence-corrected chi connectivity index (χ1v) is 36.2. The van der Waals surface area contributed by atoms with Gasteiger partial charge in [-0.1, -0.05) is 118 Å². The maximum Gasteiger partial charge on any atom is 0.407 e. The van der Waals surface area contributed by atoms with Crippen molar-refractivity contribution in [1.29, 1.82) is 0 Å². The number of likely N-dealkylation sites (tertiary alicyclic amines) is 1. The van der Waals surface area contributed by atoms with E-state index >= 15 is 0 Å². The highest BCUT2D eigenvalue weighted by atomic mass is 32.1. The van der Waals surface area contributed by atoms with Gasteiger partial charge in [0, 0.05) is 106 Å². The number of nitrogens with one attached hydrogen (secondary N) is 4. The second-order valence-corrected chi connectivity index (χ2v) is 28.1. The summed E-state index contributed by atoms with van der Waals surface area (Å²) in [5.41, 5.74) is 7.41. The summed E-state index contributed by atoms with van der Waals surface area (Å²) >= 11 is 1.30. The summed E-state index contributed by atoms with van der Waals surface area (Å²) < 4.78 is 12.0. The minimum atomic E-state index is -0.951. The Morgan fingerprint density at radius 2 is 1.46 bits per heavy atom. The second-order valence-electron chi connectivity index (χ2n) is 27.3. The van der Waals surface area contributed by atoms with E-state index in [1.165, 1.54) is 23.5 Å². The summed E-state index contributed by atoms with van der Waals surface area (Å²) in [5, 5.41) is 23.4. The van der Waals surface area contributed by atoms with Crippen LogP contribution < -0.4 is 27.0 Å². The number of Topliss-reactive ketones (excluding diaryl/α,β-unsaturated/α-hetero) is 4. The average molecular weight is 1380 g/mol. The Bertz CT molecular complexity index is 3130. The van der Waals surface area contributed by atoms with E-state index in [1.807, 2.05) is 32.7 Å². The normalized spacial score (nSPS) is 16.5. The molecule has 0 radical (unpaired) electrons. The molecule has 24 heteroatoms. The lowest BCUT2D eigenvalue weighted by atomic mass is 9.82. The van der Waals surface area contributed by atoms with E-state index in [0.717, 1.165) is 55.5 Å². The van der Waals surface area contributed by atoms with Crippen LogP contribution in [0.1, 0.15) is 203 Å². The van der Waals surface area contributed by atoms with Crippen molar-refractivity contribution >= 4 is 76.1 Å². The van der Waals surface area contributed by atoms with Gasteiger partial charge in [0.2, 0.25) is 11.8 Å². The predicted octanol–water partition coefficient (Wildman–Crippen LogP) is 9.70. The zero-order valence-electron chi connectivity index (χ0n) is 59.4. The maximum absolute atomic E-state index is 15.0. The van der Waals surface area contributed by atoms with Crippen molar-refractivity contribution in [3.63, 3.8) is 0 Å². The number of benzene rings is 2. The van der Waals surface area contributed by atoms with Crippen LogP contribution in [-0.4, -0.2) is 160 Å². The second kappa shape index (κ2) is 41.6. The molecule has 3 heterocycles. The van der Waals surface area contributed by atoms with Crippen LogP contribution in [0.15, 0.2) is 66.1 Å². The van der Waals surface area contributed by atoms with E-state index < -0.39 is 59.9 Å². The third-order valence-corrected chi connectivity index (χ3v) is 19.7. The van der Waals surface area contributed by atoms with E-state index in [0.29, 0.717) is 67.8 Å². The van der Waals surface area contributed by atoms with Crippen molar-refractivity contribution in [2.24, 2.45) is 41.2 Å². The van der Waals surface area contributed by atoms with Crippen LogP contribution in [0.3, 0.4) is 0 Å². The van der Waals surface area contributed by atoms with Crippen molar-refractivity contribution in [2.45, 2.75) is 215 Å². The molecule has 9 atom stereocenters. The number of ether oxygens (including phenoxy) is 2. The number of urea groups is 1. The van der Waals surface area contributed by atoms with Gasteiger partial charge in [-0.2, -0.15) is 0 Å². The number of hydrogen-bond donors (Lipinski definition) is 6. The lowest BCUT2D eigenvalue weighted by Gasteiger charge is -2.40. The number of nitrogens with zero attached hydrogens (tertiary/aromatic N) is 4. The SMILES string of the molecule is CCCO[C@H](C[C@H](C(C)C)N(CCC)C(=O)[C@@H](CC(=O)[C@H]1CCCCN1C)[C@@H](C)CC)c1nc(C(=O)N[C@@H](Cc2ccc(O)cc2)C[C@H](C)C(=O)CNC(=O)OCc2ccc(CC(=O)[C@@H](CCCNC(N)=O)NC(=O)[C@H](CC(=O)CCCCCN3C(=O)C=CC3=O)C(C)C)cc2)cs1. The molecule has 0 bridgehead atoms. The van der Waals surface area contributed by atoms with Crippen LogP contribution in [-0.2, 0) is 67.3 Å². The highest BCUT2D eigenvalue weighted by molar-refractivity contribution is 7.09. The summed E-state index contributed by atoms with van der Waals surface area (Å²) in [6.07, 6.45) is 9.53. The molecule has 2 aromatic carbocycles. The smallest absolute Gasteiger partial charge is 0.407 e. The van der Waals surface area contributed by atoms with Gasteiger partial charge in [-0.3, -0.25) is 53.0 Å². The Balaban J connectivity index is 1.17. The molecule has 8 amide bonds. The quantitative estimate of drug-likeness (QED) is 0.0226. The number of unbranched alkanes of at least 4 members (excludes halogenated alkanes) is 2. The number of ketones is 4. The number of alkyl carbamates (subject to hydrolysis) is 1. The summed E-state index contributed by atoms with van der Waals surface area (Å²) in [7, 11) is 2.00. The molecule has 2 aliphatic heterocycles. The zero-order chi connectivity index (χ0) is 72.0. The number of hydrogen-bond acceptors (Lipinski definition) is 17. The molecule has 98 heavy (non-hydrogen) atoms. The number of thiazole rings is 1. The van der Waals surface area contributed by atoms with Gasteiger partial charge in [-0.05, 0) is 124 Å². The third-order valence-electron chi connectivity index (χ3n) is 18.8. The number of nitrogens with two attached hydrogens (primary N) is 1. The number of piperidine rings is 1. The van der Waals surface area contributed by atoms with Gasteiger partial charge in [-0.25, -0.2) is 14.6 Å². The van der Waals surface area contributed by atoms with Crippen LogP contribution in [0.2, 0.25) is 0 Å². The number of carbonyl (C=O) groups is 11. The monoisotopic (exact) mass is 1380 g/mol. The summed E-state index contributed by atoms with van der Waals surface area (Å²) in [4.78, 5) is 156. The lowest BCUT2D eigenvalue weighted by Crippen LogP contribution is -2.50. The number of phenolic OH excluding ortho intramolecular Hbond substituents is 1. The van der Waals surface area contributed by atoms with Crippen LogP contribution in [0.4, 0.5) is 9.59 Å². The van der Waals surface area contributed by atoms with Gasteiger partial charge in [0.25, 0.3) is 17.7 Å². The first-order valence-electron chi connectivity index (χ1n) is 35.3. The molecule has 3 aromatic rings. The fourth-order valence-corrected chi connectivity index (χ4v) is 13.5. The summed E-state index contributed by atoms with van der Waals surface area (Å²) in [6.45, 7) is 19.5. The number of carbonyl (C=O) groups excluding carboxylic acids is 11. The largest absolute Gasteiger partial charge is 0.508 e. The molecule has 0 saturated carbocycles. The lowest BCUT2D eigenvalue weighted by molar-refractivity contribution is -0.145. The number of aromatic nitrogens is 1. The fourth-order valence-electron chi connectivity index (χ4n) is 12.6. The van der Waals surface area contributed by atoms with Gasteiger partial charge in [0.15, 0.2) is 17.3 Å². The van der Waals surface area contributed by atoms with E-state index in [4.69, 9.17) is 20.2 Å². The fraction of sp³-hybridized carbons (Fsp3) is 0.622. The van der Waals surface area contributed by atoms with E-state index in [-0.39, 0.29) is 147 Å². The molecule has 1 saturated heterocycles. The molecular weight excluding hydrogens is 1270 g/mol. The molecule has 540 valence electrons. The number of primary amides is 1. The molecule has 5 rings (SSSR count). The standard InChI is InChI=1S/C74H109N9O14S/c1-11-34-82(72(93)58(49(8)13-3)42-64(87)61-22-16-18-35-81(61)10)62(48(6)7)43-66(96-37-12-2)71-80-60(46-98-71)70(92)78-54(39-51-27-29-55(84)30-28-51)38-50(9)65(88)44-77-74(95)97-45-53-25-23-52(24-26-53)40-63(86)59(21-19-33-76-73(75)94)79-69(91)57(47(4)5)41-56(85)20-15-14-17-36-83-67(89)31-32-68(83)90/h23-32,46-50,54,57-59,61-62,66,84H,11-22,33-45H2,1-10H3,(H,77,95)(H,78,92)(H,79,91)(H3,75,76,94)/t49-,50-,54+,57+,58-,59+,61+,62+,66+/m0/s1. The molecular formula is C74H109N9O14S. The number of amides is 8. The molecule has 0 spiro atoms. The average Bonchev–Trinajstić information content (AvgIpc) is 1.13. The van der Waals surface area contributed by atoms with Crippen molar-refractivity contribution in [2.75, 3.05) is 46.4 Å². The van der Waals surface area contributed by atoms with Crippen LogP contribution in [0.25, 0.3) is 0 Å². The Morgan fingerprint density at radius 3 is 2.09 bits per heavy atom. The molecule has 0 aliphatic carbocycles. The van der Waals surface area contributed by atoms with Crippen molar-refractivity contribution in [1.82, 2.24) is 41.0 Å². The van der Waals surface area contributed by atoms with Crippen molar-refractivity contribution in [3.05, 3.63) is 93.5 Å². The maximum atomic E-state index is 15.0. The molecule has 0 unspecified atom stereocenters. The molecule has 1 aromatic heterocycles. The number of aromatic hydroxyl groups is 1. The molecule has 23 nitrogen and oxygen atoms in total. The van der Waals surface area contributed by atoms with Crippen LogP contribution in [0.5, 0.6) is 5.75 Å². The van der Waals surface area contributed by atoms with E-state index in [2.05, 4.69) is 60.8 Å². The number of likely N-dealkylation sites (N-methyl/N-ethyl adjacent to an activating group) is 1. The first-order chi connectivity index (χ1) is 46.7. The van der Waals surface area contributed by atoms with E-state index in [1.54, 1.807) is 60.8 Å². The van der Waals surface area contributed by atoms with Crippen molar-refractivity contribution in [3.8, 4) is 5.75 Å². The predicted molar refractivity (Wildman–Crippen MR) is 375 cm³/mol. The van der Waals surface area contributed by atoms with Gasteiger partial charge >= 0.3 is 12.1 Å². The summed E-state index contributed by atoms with van der Waals surface area (Å²) in [5.74, 6) is -4.24. The Kier molecular flexibility index (Phi) is 34.4. The highest BCUT2D eigenvalue weighted by Gasteiger charge is 2.39. The number of phenols is 1. The highest BCUT2D eigenvalue weighted by Crippen LogP contribution is 2.34. The molecule has 7 N–H and O–H groups in total. The summed E-state index contributed by atoms with van der Waals surface area (Å²) in [6, 6.07) is 10.6. The Labute approximate surface area is 583 Å². The van der Waals surface area contributed by atoms with Crippen molar-refractivity contribution < 1.29 is 67.3 Å². The minimum absolute atomic E-state index is 0.00814. The number of imide groups is 1. The Morgan fingerprint density at radius 1 is 0.776 bits per heavy atom. The van der Waals surface area contributed by atoms with Crippen LogP contribution in [0, 0.1) is 35.5 Å². The van der Waals surface area contributed by atoms with Gasteiger partial charge < -0.3 is 46.5 Å². The Hall–Kier alpha value is -7.70. The van der Waals surface area contributed by atoms with E-state index in [9.17, 15) is 57.8 Å². The van der Waals surface area contributed by atoms with Gasteiger partial charge in [-0.15, -0.1) is 11.3 Å². The zero-order valence-corrected chi connectivity index (χ0v) is 60.2. The minimum Gasteiger partial charge on any atom is -0.508 e. The third kappa shape index (κ3) is 26.5. The molecule has 2 aliphatic rings. The van der Waals surface area contributed by atoms with Gasteiger partial charge in [0.05, 0.1) is 18.6 Å². The topological polar surface area (TPSA) is 323 Å². The molecule has 1 fully saturated rings.